The van der Waals surface area contributed by atoms with Crippen LogP contribution in [0, 0.1) is 0 Å². The molecule has 0 saturated heterocycles. The zero-order valence-corrected chi connectivity index (χ0v) is 13.8. The third-order valence-electron chi connectivity index (χ3n) is 3.02. The number of rotatable bonds is 9. The summed E-state index contributed by atoms with van der Waals surface area (Å²) in [5.41, 5.74) is 2.55. The predicted molar refractivity (Wildman–Crippen MR) is 85.9 cm³/mol. The first kappa shape index (κ1) is 16.5. The SMILES string of the molecule is CCCNCc1ccc(N(C)CCCOC)c(Br)c1. The summed E-state index contributed by atoms with van der Waals surface area (Å²) in [6.45, 7) is 5.98. The molecule has 0 aliphatic carbocycles. The minimum absolute atomic E-state index is 0.807. The summed E-state index contributed by atoms with van der Waals surface area (Å²) in [6, 6.07) is 6.57. The van der Waals surface area contributed by atoms with Gasteiger partial charge in [-0.2, -0.15) is 0 Å². The molecule has 0 aliphatic heterocycles. The number of halogens is 1. The summed E-state index contributed by atoms with van der Waals surface area (Å²) < 4.78 is 6.24. The van der Waals surface area contributed by atoms with Crippen LogP contribution in [0.4, 0.5) is 5.69 Å². The Balaban J connectivity index is 2.55. The Hall–Kier alpha value is -0.580. The Labute approximate surface area is 125 Å². The van der Waals surface area contributed by atoms with Gasteiger partial charge in [-0.25, -0.2) is 0 Å². The van der Waals surface area contributed by atoms with E-state index < -0.39 is 0 Å². The van der Waals surface area contributed by atoms with Gasteiger partial charge in [0, 0.05) is 38.3 Å². The third-order valence-corrected chi connectivity index (χ3v) is 3.66. The van der Waals surface area contributed by atoms with Gasteiger partial charge in [0.1, 0.15) is 0 Å². The van der Waals surface area contributed by atoms with Crippen LogP contribution in [0.1, 0.15) is 25.3 Å². The van der Waals surface area contributed by atoms with Crippen molar-refractivity contribution in [3.8, 4) is 0 Å². The molecule has 1 aromatic carbocycles. The highest BCUT2D eigenvalue weighted by Crippen LogP contribution is 2.26. The van der Waals surface area contributed by atoms with Crippen molar-refractivity contribution < 1.29 is 4.74 Å². The summed E-state index contributed by atoms with van der Waals surface area (Å²) >= 11 is 3.67. The van der Waals surface area contributed by atoms with Crippen LogP contribution >= 0.6 is 15.9 Å². The lowest BCUT2D eigenvalue weighted by Crippen LogP contribution is -2.20. The molecule has 3 nitrogen and oxygen atoms in total. The van der Waals surface area contributed by atoms with Crippen molar-refractivity contribution in [1.29, 1.82) is 0 Å². The molecule has 19 heavy (non-hydrogen) atoms. The van der Waals surface area contributed by atoms with Gasteiger partial charge in [-0.1, -0.05) is 13.0 Å². The van der Waals surface area contributed by atoms with E-state index in [9.17, 15) is 0 Å². The van der Waals surface area contributed by atoms with Crippen molar-refractivity contribution in [1.82, 2.24) is 5.32 Å². The van der Waals surface area contributed by atoms with E-state index in [0.717, 1.165) is 37.1 Å². The van der Waals surface area contributed by atoms with Crippen molar-refractivity contribution in [2.75, 3.05) is 38.8 Å². The number of benzene rings is 1. The maximum absolute atomic E-state index is 5.09. The quantitative estimate of drug-likeness (QED) is 0.703. The van der Waals surface area contributed by atoms with E-state index in [0.29, 0.717) is 0 Å². The van der Waals surface area contributed by atoms with Gasteiger partial charge in [-0.05, 0) is 53.0 Å². The molecule has 1 aromatic rings. The van der Waals surface area contributed by atoms with Gasteiger partial charge in [0.2, 0.25) is 0 Å². The van der Waals surface area contributed by atoms with Gasteiger partial charge in [-0.15, -0.1) is 0 Å². The molecule has 1 rings (SSSR count). The van der Waals surface area contributed by atoms with Crippen LogP contribution in [0.25, 0.3) is 0 Å². The summed E-state index contributed by atoms with van der Waals surface area (Å²) in [5.74, 6) is 0. The number of ether oxygens (including phenoxy) is 1. The van der Waals surface area contributed by atoms with Crippen LogP contribution in [0.2, 0.25) is 0 Å². The summed E-state index contributed by atoms with van der Waals surface area (Å²) in [6.07, 6.45) is 2.21. The molecule has 0 bridgehead atoms. The molecular weight excluding hydrogens is 304 g/mol. The molecule has 0 atom stereocenters. The molecule has 0 fully saturated rings. The van der Waals surface area contributed by atoms with Gasteiger partial charge >= 0.3 is 0 Å². The van der Waals surface area contributed by atoms with Crippen molar-refractivity contribution in [2.24, 2.45) is 0 Å². The molecule has 108 valence electrons. The molecule has 0 heterocycles. The minimum atomic E-state index is 0.807. The predicted octanol–water partition coefficient (Wildman–Crippen LogP) is 3.42. The maximum Gasteiger partial charge on any atom is 0.0508 e. The van der Waals surface area contributed by atoms with Crippen molar-refractivity contribution in [2.45, 2.75) is 26.3 Å². The fourth-order valence-corrected chi connectivity index (χ4v) is 2.67. The van der Waals surface area contributed by atoms with Gasteiger partial charge < -0.3 is 15.0 Å². The molecule has 0 amide bonds. The molecule has 1 N–H and O–H groups in total. The van der Waals surface area contributed by atoms with Gasteiger partial charge in [0.05, 0.1) is 5.69 Å². The number of hydrogen-bond acceptors (Lipinski definition) is 3. The lowest BCUT2D eigenvalue weighted by molar-refractivity contribution is 0.196. The van der Waals surface area contributed by atoms with Crippen LogP contribution in [-0.4, -0.2) is 33.9 Å². The standard InChI is InChI=1S/C15H25BrN2O/c1-4-8-17-12-13-6-7-15(14(16)11-13)18(2)9-5-10-19-3/h6-7,11,17H,4-5,8-10,12H2,1-3H3. The zero-order valence-electron chi connectivity index (χ0n) is 12.2. The molecule has 0 aliphatic rings. The minimum Gasteiger partial charge on any atom is -0.385 e. The maximum atomic E-state index is 5.09. The fourth-order valence-electron chi connectivity index (χ4n) is 1.95. The van der Waals surface area contributed by atoms with E-state index >= 15 is 0 Å². The summed E-state index contributed by atoms with van der Waals surface area (Å²) in [7, 11) is 3.86. The molecular formula is C15H25BrN2O. The van der Waals surface area contributed by atoms with Crippen molar-refractivity contribution >= 4 is 21.6 Å². The van der Waals surface area contributed by atoms with Crippen molar-refractivity contribution in [3.63, 3.8) is 0 Å². The molecule has 0 aromatic heterocycles. The number of nitrogens with zero attached hydrogens (tertiary/aromatic N) is 1. The monoisotopic (exact) mass is 328 g/mol. The second kappa shape index (κ2) is 9.34. The molecule has 0 saturated carbocycles. The molecule has 0 radical (unpaired) electrons. The Morgan fingerprint density at radius 2 is 2.16 bits per heavy atom. The highest BCUT2D eigenvalue weighted by molar-refractivity contribution is 9.10. The first-order valence-corrected chi connectivity index (χ1v) is 7.67. The lowest BCUT2D eigenvalue weighted by Gasteiger charge is -2.21. The highest BCUT2D eigenvalue weighted by Gasteiger charge is 2.06. The number of anilines is 1. The van der Waals surface area contributed by atoms with E-state index in [1.807, 2.05) is 0 Å². The lowest BCUT2D eigenvalue weighted by atomic mass is 10.2. The van der Waals surface area contributed by atoms with Crippen LogP contribution in [0.5, 0.6) is 0 Å². The Morgan fingerprint density at radius 3 is 2.79 bits per heavy atom. The van der Waals surface area contributed by atoms with Crippen LogP contribution in [0.15, 0.2) is 22.7 Å². The van der Waals surface area contributed by atoms with E-state index in [1.165, 1.54) is 17.7 Å². The smallest absolute Gasteiger partial charge is 0.0508 e. The topological polar surface area (TPSA) is 24.5 Å². The van der Waals surface area contributed by atoms with Gasteiger partial charge in [-0.3, -0.25) is 0 Å². The van der Waals surface area contributed by atoms with E-state index in [-0.39, 0.29) is 0 Å². The second-order valence-electron chi connectivity index (χ2n) is 4.73. The summed E-state index contributed by atoms with van der Waals surface area (Å²) in [4.78, 5) is 2.26. The largest absolute Gasteiger partial charge is 0.385 e. The fraction of sp³-hybridized carbons (Fsp3) is 0.600. The average molecular weight is 329 g/mol. The Kier molecular flexibility index (Phi) is 8.10. The molecule has 0 unspecified atom stereocenters. The molecule has 4 heteroatoms. The van der Waals surface area contributed by atoms with Crippen LogP contribution < -0.4 is 10.2 Å². The van der Waals surface area contributed by atoms with E-state index in [1.54, 1.807) is 7.11 Å². The van der Waals surface area contributed by atoms with E-state index in [2.05, 4.69) is 58.3 Å². The highest BCUT2D eigenvalue weighted by atomic mass is 79.9. The first-order valence-electron chi connectivity index (χ1n) is 6.88. The van der Waals surface area contributed by atoms with Crippen LogP contribution in [0.3, 0.4) is 0 Å². The summed E-state index contributed by atoms with van der Waals surface area (Å²) in [5, 5.41) is 3.42. The molecule has 0 spiro atoms. The zero-order chi connectivity index (χ0) is 14.1. The number of nitrogens with one attached hydrogen (secondary N) is 1. The normalized spacial score (nSPS) is 10.7. The van der Waals surface area contributed by atoms with Crippen LogP contribution in [-0.2, 0) is 11.3 Å². The first-order chi connectivity index (χ1) is 9.19. The Bertz CT molecular complexity index is 371. The average Bonchev–Trinajstić information content (AvgIpc) is 2.39. The number of methoxy groups -OCH3 is 1. The third kappa shape index (κ3) is 5.93. The van der Waals surface area contributed by atoms with Gasteiger partial charge in [0.25, 0.3) is 0 Å². The second-order valence-corrected chi connectivity index (χ2v) is 5.58. The van der Waals surface area contributed by atoms with Crippen molar-refractivity contribution in [3.05, 3.63) is 28.2 Å². The van der Waals surface area contributed by atoms with E-state index in [4.69, 9.17) is 4.74 Å². The Morgan fingerprint density at radius 1 is 1.37 bits per heavy atom. The number of hydrogen-bond donors (Lipinski definition) is 1. The van der Waals surface area contributed by atoms with Gasteiger partial charge in [0.15, 0.2) is 0 Å².